The molecule has 0 heterocycles. The molecule has 3 nitrogen and oxygen atoms in total. The summed E-state index contributed by atoms with van der Waals surface area (Å²) in [7, 11) is 0. The van der Waals surface area contributed by atoms with Gasteiger partial charge in [0.25, 0.3) is 5.91 Å². The number of halogens is 2. The quantitative estimate of drug-likeness (QED) is 0.623. The zero-order valence-corrected chi connectivity index (χ0v) is 12.2. The van der Waals surface area contributed by atoms with Gasteiger partial charge in [-0.1, -0.05) is 23.7 Å². The topological polar surface area (TPSA) is 55.1 Å². The van der Waals surface area contributed by atoms with Crippen LogP contribution in [0.2, 0.25) is 5.02 Å². The van der Waals surface area contributed by atoms with E-state index in [1.807, 2.05) is 12.1 Å². The Hall–Kier alpha value is -1.27. The lowest BCUT2D eigenvalue weighted by Crippen LogP contribution is -2.13. The van der Waals surface area contributed by atoms with E-state index in [9.17, 15) is 4.79 Å². The summed E-state index contributed by atoms with van der Waals surface area (Å²) in [5, 5.41) is 3.15. The van der Waals surface area contributed by atoms with Gasteiger partial charge < -0.3 is 11.1 Å². The number of benzene rings is 2. The van der Waals surface area contributed by atoms with Gasteiger partial charge in [0.1, 0.15) is 0 Å². The maximum atomic E-state index is 12.0. The summed E-state index contributed by atoms with van der Waals surface area (Å²) in [5.74, 6) is -0.228. The fourth-order valence-corrected chi connectivity index (χ4v) is 2.26. The van der Waals surface area contributed by atoms with Crippen LogP contribution in [0.15, 0.2) is 42.5 Å². The monoisotopic (exact) mass is 372 g/mol. The molecular formula is C13H10ClIN2O. The second-order valence-corrected chi connectivity index (χ2v) is 5.32. The Morgan fingerprint density at radius 1 is 1.22 bits per heavy atom. The predicted octanol–water partition coefficient (Wildman–Crippen LogP) is 3.78. The lowest BCUT2D eigenvalue weighted by Gasteiger charge is -2.10. The van der Waals surface area contributed by atoms with Gasteiger partial charge in [0, 0.05) is 9.13 Å². The molecule has 0 bridgehead atoms. The Bertz CT molecular complexity index is 581. The molecule has 0 saturated heterocycles. The van der Waals surface area contributed by atoms with Crippen LogP contribution in [0.25, 0.3) is 0 Å². The van der Waals surface area contributed by atoms with E-state index in [-0.39, 0.29) is 5.91 Å². The van der Waals surface area contributed by atoms with E-state index in [0.29, 0.717) is 22.0 Å². The molecule has 0 aliphatic carbocycles. The van der Waals surface area contributed by atoms with Crippen LogP contribution in [-0.2, 0) is 0 Å². The third-order valence-electron chi connectivity index (χ3n) is 2.37. The number of para-hydroxylation sites is 1. The maximum Gasteiger partial charge on any atom is 0.255 e. The van der Waals surface area contributed by atoms with Crippen LogP contribution < -0.4 is 11.1 Å². The number of nitrogens with two attached hydrogens (primary N) is 1. The van der Waals surface area contributed by atoms with Gasteiger partial charge in [-0.15, -0.1) is 0 Å². The van der Waals surface area contributed by atoms with Crippen molar-refractivity contribution in [3.8, 4) is 0 Å². The largest absolute Gasteiger partial charge is 0.397 e. The van der Waals surface area contributed by atoms with Gasteiger partial charge in [-0.2, -0.15) is 0 Å². The minimum Gasteiger partial charge on any atom is -0.397 e. The Morgan fingerprint density at radius 3 is 2.61 bits per heavy atom. The molecule has 0 aromatic heterocycles. The molecule has 0 atom stereocenters. The number of hydrogen-bond acceptors (Lipinski definition) is 2. The Labute approximate surface area is 123 Å². The van der Waals surface area contributed by atoms with Gasteiger partial charge in [0.2, 0.25) is 0 Å². The first kappa shape index (κ1) is 13.2. The van der Waals surface area contributed by atoms with E-state index < -0.39 is 0 Å². The highest BCUT2D eigenvalue weighted by Crippen LogP contribution is 2.28. The molecule has 0 fully saturated rings. The minimum atomic E-state index is -0.228. The zero-order valence-electron chi connectivity index (χ0n) is 9.28. The lowest BCUT2D eigenvalue weighted by molar-refractivity contribution is 0.102. The second kappa shape index (κ2) is 5.58. The molecule has 2 rings (SSSR count). The molecule has 0 spiro atoms. The minimum absolute atomic E-state index is 0.228. The Balaban J connectivity index is 2.27. The molecule has 3 N–H and O–H groups in total. The highest BCUT2D eigenvalue weighted by molar-refractivity contribution is 14.1. The summed E-state index contributed by atoms with van der Waals surface area (Å²) in [5.41, 5.74) is 7.24. The van der Waals surface area contributed by atoms with Crippen LogP contribution in [0.3, 0.4) is 0 Å². The van der Waals surface area contributed by atoms with Crippen molar-refractivity contribution < 1.29 is 4.79 Å². The van der Waals surface area contributed by atoms with E-state index in [0.717, 1.165) is 3.57 Å². The first-order valence-electron chi connectivity index (χ1n) is 5.19. The molecule has 2 aromatic rings. The van der Waals surface area contributed by atoms with Crippen molar-refractivity contribution in [1.29, 1.82) is 0 Å². The molecular weight excluding hydrogens is 363 g/mol. The van der Waals surface area contributed by atoms with E-state index in [1.165, 1.54) is 0 Å². The van der Waals surface area contributed by atoms with E-state index in [4.69, 9.17) is 17.3 Å². The lowest BCUT2D eigenvalue weighted by atomic mass is 10.2. The third kappa shape index (κ3) is 2.94. The highest BCUT2D eigenvalue weighted by atomic mass is 127. The number of carbonyl (C=O) groups excluding carboxylic acids is 1. The highest BCUT2D eigenvalue weighted by Gasteiger charge is 2.10. The number of carbonyl (C=O) groups is 1. The molecule has 5 heteroatoms. The summed E-state index contributed by atoms with van der Waals surface area (Å²) in [6.07, 6.45) is 0. The van der Waals surface area contributed by atoms with Crippen LogP contribution in [-0.4, -0.2) is 5.91 Å². The molecule has 92 valence electrons. The third-order valence-corrected chi connectivity index (χ3v) is 3.36. The molecule has 18 heavy (non-hydrogen) atoms. The summed E-state index contributed by atoms with van der Waals surface area (Å²) >= 11 is 8.15. The molecule has 0 radical (unpaired) electrons. The smallest absolute Gasteiger partial charge is 0.255 e. The van der Waals surface area contributed by atoms with Gasteiger partial charge in [-0.05, 0) is 52.9 Å². The first-order chi connectivity index (χ1) is 8.58. The number of nitrogen functional groups attached to an aromatic ring is 1. The van der Waals surface area contributed by atoms with Crippen molar-refractivity contribution in [3.05, 3.63) is 56.6 Å². The normalized spacial score (nSPS) is 10.1. The summed E-state index contributed by atoms with van der Waals surface area (Å²) in [4.78, 5) is 12.0. The van der Waals surface area contributed by atoms with E-state index >= 15 is 0 Å². The van der Waals surface area contributed by atoms with Crippen LogP contribution >= 0.6 is 34.2 Å². The first-order valence-corrected chi connectivity index (χ1v) is 6.64. The standard InChI is InChI=1S/C13H10ClIN2O/c14-10-5-2-6-11(16)12(10)17-13(18)8-3-1-4-9(15)7-8/h1-7H,16H2,(H,17,18). The maximum absolute atomic E-state index is 12.0. The zero-order chi connectivity index (χ0) is 13.1. The molecule has 2 aromatic carbocycles. The second-order valence-electron chi connectivity index (χ2n) is 3.67. The van der Waals surface area contributed by atoms with Crippen molar-refractivity contribution >= 4 is 51.5 Å². The Kier molecular flexibility index (Phi) is 4.08. The SMILES string of the molecule is Nc1cccc(Cl)c1NC(=O)c1cccc(I)c1. The predicted molar refractivity (Wildman–Crippen MR) is 83.0 cm³/mol. The van der Waals surface area contributed by atoms with Gasteiger partial charge in [0.05, 0.1) is 16.4 Å². The van der Waals surface area contributed by atoms with Crippen LogP contribution in [0.4, 0.5) is 11.4 Å². The Morgan fingerprint density at radius 2 is 1.94 bits per heavy atom. The van der Waals surface area contributed by atoms with Gasteiger partial charge >= 0.3 is 0 Å². The molecule has 0 aliphatic rings. The van der Waals surface area contributed by atoms with Crippen molar-refractivity contribution in [2.45, 2.75) is 0 Å². The fraction of sp³-hybridized carbons (Fsp3) is 0. The number of anilines is 2. The van der Waals surface area contributed by atoms with Crippen molar-refractivity contribution in [2.75, 3.05) is 11.1 Å². The molecule has 0 saturated carbocycles. The van der Waals surface area contributed by atoms with Crippen LogP contribution in [0, 0.1) is 3.57 Å². The van der Waals surface area contributed by atoms with Crippen molar-refractivity contribution in [3.63, 3.8) is 0 Å². The summed E-state index contributed by atoms with van der Waals surface area (Å²) < 4.78 is 0.993. The van der Waals surface area contributed by atoms with Crippen LogP contribution in [0.1, 0.15) is 10.4 Å². The van der Waals surface area contributed by atoms with Crippen LogP contribution in [0.5, 0.6) is 0 Å². The number of nitrogens with one attached hydrogen (secondary N) is 1. The van der Waals surface area contributed by atoms with Gasteiger partial charge in [0.15, 0.2) is 0 Å². The average Bonchev–Trinajstić information content (AvgIpc) is 2.34. The molecule has 1 amide bonds. The number of rotatable bonds is 2. The van der Waals surface area contributed by atoms with Gasteiger partial charge in [-0.25, -0.2) is 0 Å². The van der Waals surface area contributed by atoms with E-state index in [1.54, 1.807) is 30.3 Å². The average molecular weight is 373 g/mol. The van der Waals surface area contributed by atoms with Gasteiger partial charge in [-0.3, -0.25) is 4.79 Å². The van der Waals surface area contributed by atoms with Crippen molar-refractivity contribution in [1.82, 2.24) is 0 Å². The van der Waals surface area contributed by atoms with Crippen molar-refractivity contribution in [2.24, 2.45) is 0 Å². The fourth-order valence-electron chi connectivity index (χ4n) is 1.49. The number of amides is 1. The number of hydrogen-bond donors (Lipinski definition) is 2. The molecule has 0 unspecified atom stereocenters. The molecule has 0 aliphatic heterocycles. The summed E-state index contributed by atoms with van der Waals surface area (Å²) in [6, 6.07) is 12.4. The van der Waals surface area contributed by atoms with E-state index in [2.05, 4.69) is 27.9 Å². The summed E-state index contributed by atoms with van der Waals surface area (Å²) in [6.45, 7) is 0.